The molecule has 1 atom stereocenters. The molecule has 5 heteroatoms. The minimum atomic E-state index is -1.34. The van der Waals surface area contributed by atoms with Crippen LogP contribution in [0.2, 0.25) is 0 Å². The van der Waals surface area contributed by atoms with Gasteiger partial charge in [-0.1, -0.05) is 0 Å². The lowest BCUT2D eigenvalue weighted by atomic mass is 10.4. The molecule has 11 heavy (non-hydrogen) atoms. The monoisotopic (exact) mass is 198 g/mol. The van der Waals surface area contributed by atoms with Gasteiger partial charge >= 0.3 is 0 Å². The van der Waals surface area contributed by atoms with E-state index in [1.54, 1.807) is 11.4 Å². The fraction of sp³-hybridized carbons (Fsp3) is 1.00. The first-order valence-corrected chi connectivity index (χ1v) is 5.41. The van der Waals surface area contributed by atoms with Crippen LogP contribution in [0, 0.1) is 0 Å². The van der Waals surface area contributed by atoms with Crippen molar-refractivity contribution in [3.63, 3.8) is 0 Å². The van der Waals surface area contributed by atoms with Crippen LogP contribution >= 0.6 is 10.7 Å². The van der Waals surface area contributed by atoms with E-state index in [0.29, 0.717) is 0 Å². The summed E-state index contributed by atoms with van der Waals surface area (Å²) < 4.78 is 12.2. The van der Waals surface area contributed by atoms with Crippen LogP contribution in [0.5, 0.6) is 0 Å². The van der Waals surface area contributed by atoms with E-state index in [-0.39, 0.29) is 0 Å². The molecule has 0 aromatic carbocycles. The largest absolute Gasteiger partial charge is 0.309 e. The minimum absolute atomic E-state index is 0.772. The molecule has 1 unspecified atom stereocenters. The summed E-state index contributed by atoms with van der Waals surface area (Å²) in [7, 11) is 9.76. The summed E-state index contributed by atoms with van der Waals surface area (Å²) in [6.45, 7) is 1.77. The smallest absolute Gasteiger partial charge is 0.191 e. The Morgan fingerprint density at radius 2 is 1.82 bits per heavy atom. The van der Waals surface area contributed by atoms with Crippen molar-refractivity contribution < 1.29 is 4.21 Å². The van der Waals surface area contributed by atoms with Gasteiger partial charge in [0.15, 0.2) is 10.2 Å². The third kappa shape index (κ3) is 6.75. The highest BCUT2D eigenvalue weighted by Gasteiger charge is 2.02. The van der Waals surface area contributed by atoms with E-state index in [1.807, 2.05) is 14.1 Å². The SMILES string of the molecule is CN(C)CCCN(C)S(=O)Cl. The van der Waals surface area contributed by atoms with Gasteiger partial charge in [-0.15, -0.1) is 0 Å². The summed E-state index contributed by atoms with van der Waals surface area (Å²) >= 11 is 0. The maximum Gasteiger partial charge on any atom is 0.191 e. The zero-order valence-electron chi connectivity index (χ0n) is 7.21. The lowest BCUT2D eigenvalue weighted by molar-refractivity contribution is 0.377. The van der Waals surface area contributed by atoms with Crippen LogP contribution < -0.4 is 0 Å². The summed E-state index contributed by atoms with van der Waals surface area (Å²) in [6, 6.07) is 0. The van der Waals surface area contributed by atoms with Gasteiger partial charge in [-0.2, -0.15) is 0 Å². The van der Waals surface area contributed by atoms with Crippen LogP contribution in [0.1, 0.15) is 6.42 Å². The fourth-order valence-electron chi connectivity index (χ4n) is 0.681. The molecule has 0 aliphatic heterocycles. The number of nitrogens with zero attached hydrogens (tertiary/aromatic N) is 2. The summed E-state index contributed by atoms with van der Waals surface area (Å²) in [5.74, 6) is 0. The molecule has 0 radical (unpaired) electrons. The third-order valence-electron chi connectivity index (χ3n) is 1.32. The van der Waals surface area contributed by atoms with Gasteiger partial charge in [0, 0.05) is 24.3 Å². The second-order valence-electron chi connectivity index (χ2n) is 2.71. The van der Waals surface area contributed by atoms with Crippen molar-refractivity contribution >= 4 is 20.9 Å². The number of hydrogen-bond acceptors (Lipinski definition) is 2. The zero-order valence-corrected chi connectivity index (χ0v) is 8.78. The Morgan fingerprint density at radius 3 is 2.18 bits per heavy atom. The molecule has 0 aliphatic rings. The summed E-state index contributed by atoms with van der Waals surface area (Å²) in [5.41, 5.74) is 0. The Bertz CT molecular complexity index is 132. The summed E-state index contributed by atoms with van der Waals surface area (Å²) in [4.78, 5) is 2.09. The molecule has 3 nitrogen and oxygen atoms in total. The fourth-order valence-corrected chi connectivity index (χ4v) is 1.16. The molecule has 0 heterocycles. The average Bonchev–Trinajstić information content (AvgIpc) is 1.86. The van der Waals surface area contributed by atoms with Gasteiger partial charge < -0.3 is 4.90 Å². The first kappa shape index (κ1) is 11.4. The molecule has 0 bridgehead atoms. The standard InChI is InChI=1S/C6H15ClN2OS/c1-8(2)5-4-6-9(3)11(7)10/h4-6H2,1-3H3. The highest BCUT2D eigenvalue weighted by atomic mass is 35.7. The molecule has 0 spiro atoms. The summed E-state index contributed by atoms with van der Waals surface area (Å²) in [5, 5.41) is 0. The van der Waals surface area contributed by atoms with Crippen LogP contribution in [-0.4, -0.2) is 47.6 Å². The van der Waals surface area contributed by atoms with E-state index in [1.165, 1.54) is 0 Å². The van der Waals surface area contributed by atoms with Gasteiger partial charge in [0.05, 0.1) is 0 Å². The molecule has 0 saturated heterocycles. The first-order valence-electron chi connectivity index (χ1n) is 3.48. The van der Waals surface area contributed by atoms with Crippen LogP contribution in [0.25, 0.3) is 0 Å². The van der Waals surface area contributed by atoms with Crippen molar-refractivity contribution in [1.82, 2.24) is 9.21 Å². The van der Waals surface area contributed by atoms with E-state index < -0.39 is 10.2 Å². The van der Waals surface area contributed by atoms with Gasteiger partial charge in [-0.3, -0.25) is 0 Å². The van der Waals surface area contributed by atoms with Gasteiger partial charge in [-0.25, -0.2) is 8.51 Å². The highest BCUT2D eigenvalue weighted by molar-refractivity contribution is 8.06. The van der Waals surface area contributed by atoms with Crippen molar-refractivity contribution in [3.8, 4) is 0 Å². The van der Waals surface area contributed by atoms with Gasteiger partial charge in [0.25, 0.3) is 0 Å². The van der Waals surface area contributed by atoms with Crippen molar-refractivity contribution in [3.05, 3.63) is 0 Å². The first-order chi connectivity index (χ1) is 5.04. The van der Waals surface area contributed by atoms with Crippen molar-refractivity contribution in [2.75, 3.05) is 34.2 Å². The Labute approximate surface area is 75.4 Å². The van der Waals surface area contributed by atoms with E-state index in [2.05, 4.69) is 4.90 Å². The Morgan fingerprint density at radius 1 is 1.27 bits per heavy atom. The molecule has 0 amide bonds. The number of rotatable bonds is 5. The maximum absolute atomic E-state index is 10.6. The number of hydrogen-bond donors (Lipinski definition) is 0. The number of halogens is 1. The van der Waals surface area contributed by atoms with Gasteiger partial charge in [0.2, 0.25) is 0 Å². The lowest BCUT2D eigenvalue weighted by Gasteiger charge is -2.13. The van der Waals surface area contributed by atoms with E-state index in [9.17, 15) is 4.21 Å². The minimum Gasteiger partial charge on any atom is -0.309 e. The second kappa shape index (κ2) is 5.94. The van der Waals surface area contributed by atoms with Crippen molar-refractivity contribution in [1.29, 1.82) is 0 Å². The highest BCUT2D eigenvalue weighted by Crippen LogP contribution is 1.97. The quantitative estimate of drug-likeness (QED) is 0.607. The second-order valence-corrected chi connectivity index (χ2v) is 4.54. The molecule has 0 aromatic rings. The van der Waals surface area contributed by atoms with Crippen LogP contribution in [0.15, 0.2) is 0 Å². The van der Waals surface area contributed by atoms with E-state index in [0.717, 1.165) is 19.5 Å². The Kier molecular flexibility index (Phi) is 6.14. The summed E-state index contributed by atoms with van der Waals surface area (Å²) in [6.07, 6.45) is 0.988. The molecule has 68 valence electrons. The van der Waals surface area contributed by atoms with E-state index >= 15 is 0 Å². The van der Waals surface area contributed by atoms with Crippen LogP contribution in [0.4, 0.5) is 0 Å². The predicted octanol–water partition coefficient (Wildman–Crippen LogP) is 0.687. The molecule has 0 rings (SSSR count). The molecular formula is C6H15ClN2OS. The van der Waals surface area contributed by atoms with Crippen molar-refractivity contribution in [2.24, 2.45) is 0 Å². The van der Waals surface area contributed by atoms with Crippen LogP contribution in [0.3, 0.4) is 0 Å². The molecule has 0 aliphatic carbocycles. The predicted molar refractivity (Wildman–Crippen MR) is 49.8 cm³/mol. The average molecular weight is 199 g/mol. The van der Waals surface area contributed by atoms with E-state index in [4.69, 9.17) is 10.7 Å². The van der Waals surface area contributed by atoms with Crippen LogP contribution in [-0.2, 0) is 10.2 Å². The zero-order chi connectivity index (χ0) is 8.85. The van der Waals surface area contributed by atoms with Gasteiger partial charge in [0.1, 0.15) is 0 Å². The molecule has 0 saturated carbocycles. The normalized spacial score (nSPS) is 14.4. The third-order valence-corrected chi connectivity index (χ3v) is 2.70. The topological polar surface area (TPSA) is 23.6 Å². The molecule has 0 fully saturated rings. The van der Waals surface area contributed by atoms with Gasteiger partial charge in [-0.05, 0) is 27.1 Å². The Hall–Kier alpha value is 0.360. The maximum atomic E-state index is 10.6. The molecule has 0 N–H and O–H groups in total. The Balaban J connectivity index is 3.31. The molecule has 0 aromatic heterocycles. The van der Waals surface area contributed by atoms with Crippen molar-refractivity contribution in [2.45, 2.75) is 6.42 Å². The molecular weight excluding hydrogens is 184 g/mol. The lowest BCUT2D eigenvalue weighted by Crippen LogP contribution is -2.23.